The van der Waals surface area contributed by atoms with Crippen LogP contribution in [0.5, 0.6) is 23.0 Å². The van der Waals surface area contributed by atoms with Crippen molar-refractivity contribution in [3.63, 3.8) is 0 Å². The summed E-state index contributed by atoms with van der Waals surface area (Å²) in [5.41, 5.74) is 4.42. The molecule has 5 nitrogen and oxygen atoms in total. The molecule has 0 saturated heterocycles. The van der Waals surface area contributed by atoms with Crippen LogP contribution < -0.4 is 5.32 Å². The van der Waals surface area contributed by atoms with Gasteiger partial charge in [0.1, 0.15) is 0 Å². The van der Waals surface area contributed by atoms with E-state index in [0.717, 1.165) is 60.8 Å². The molecular weight excluding hydrogens is 318 g/mol. The molecule has 2 unspecified atom stereocenters. The van der Waals surface area contributed by atoms with Gasteiger partial charge in [-0.25, -0.2) is 0 Å². The first-order valence-corrected chi connectivity index (χ1v) is 8.83. The van der Waals surface area contributed by atoms with E-state index in [-0.39, 0.29) is 23.0 Å². The van der Waals surface area contributed by atoms with Gasteiger partial charge in [0.25, 0.3) is 0 Å². The number of rotatable bonds is 2. The lowest BCUT2D eigenvalue weighted by Crippen LogP contribution is -2.44. The van der Waals surface area contributed by atoms with Crippen molar-refractivity contribution in [3.05, 3.63) is 46.5 Å². The molecule has 2 aromatic carbocycles. The van der Waals surface area contributed by atoms with E-state index in [9.17, 15) is 20.4 Å². The molecule has 5 N–H and O–H groups in total. The summed E-state index contributed by atoms with van der Waals surface area (Å²) >= 11 is 0. The maximum atomic E-state index is 9.73. The quantitative estimate of drug-likeness (QED) is 0.541. The van der Waals surface area contributed by atoms with Crippen LogP contribution in [0.15, 0.2) is 24.3 Å². The Morgan fingerprint density at radius 2 is 0.960 bits per heavy atom. The summed E-state index contributed by atoms with van der Waals surface area (Å²) < 4.78 is 0. The zero-order valence-electron chi connectivity index (χ0n) is 14.0. The van der Waals surface area contributed by atoms with Crippen LogP contribution >= 0.6 is 0 Å². The van der Waals surface area contributed by atoms with Crippen molar-refractivity contribution in [3.8, 4) is 23.0 Å². The summed E-state index contributed by atoms with van der Waals surface area (Å²) in [4.78, 5) is 0. The summed E-state index contributed by atoms with van der Waals surface area (Å²) in [5.74, 6) is -0.197. The number of aromatic hydroxyl groups is 4. The molecule has 2 aliphatic carbocycles. The normalized spacial score (nSPS) is 22.2. The average molecular weight is 341 g/mol. The molecule has 2 aromatic rings. The van der Waals surface area contributed by atoms with Crippen molar-refractivity contribution in [2.45, 2.75) is 50.6 Å². The lowest BCUT2D eigenvalue weighted by Gasteiger charge is -2.33. The van der Waals surface area contributed by atoms with E-state index >= 15 is 0 Å². The van der Waals surface area contributed by atoms with E-state index in [1.54, 1.807) is 24.3 Å². The minimum Gasteiger partial charge on any atom is -0.504 e. The highest BCUT2D eigenvalue weighted by Gasteiger charge is 2.26. The minimum atomic E-state index is -0.0544. The number of nitrogens with one attached hydrogen (secondary N) is 1. The Morgan fingerprint density at radius 1 is 0.600 bits per heavy atom. The molecule has 0 aliphatic heterocycles. The van der Waals surface area contributed by atoms with Crippen molar-refractivity contribution in [2.24, 2.45) is 0 Å². The first kappa shape index (κ1) is 16.1. The fourth-order valence-corrected chi connectivity index (χ4v) is 4.18. The number of hydrogen-bond donors (Lipinski definition) is 5. The van der Waals surface area contributed by atoms with Gasteiger partial charge < -0.3 is 25.7 Å². The number of phenols is 4. The molecule has 0 heterocycles. The third-order valence-electron chi connectivity index (χ3n) is 5.52. The Hall–Kier alpha value is -2.40. The van der Waals surface area contributed by atoms with E-state index in [1.165, 1.54) is 0 Å². The van der Waals surface area contributed by atoms with Crippen molar-refractivity contribution in [1.29, 1.82) is 0 Å². The summed E-state index contributed by atoms with van der Waals surface area (Å²) in [6.07, 6.45) is 5.46. The molecule has 0 radical (unpaired) electrons. The van der Waals surface area contributed by atoms with E-state index in [0.29, 0.717) is 12.1 Å². The number of hydrogen-bond acceptors (Lipinski definition) is 5. The van der Waals surface area contributed by atoms with Gasteiger partial charge in [-0.15, -0.1) is 0 Å². The second kappa shape index (κ2) is 6.15. The average Bonchev–Trinajstić information content (AvgIpc) is 2.57. The first-order valence-electron chi connectivity index (χ1n) is 8.83. The third kappa shape index (κ3) is 3.12. The molecule has 132 valence electrons. The zero-order chi connectivity index (χ0) is 17.6. The standard InChI is InChI=1S/C20H23NO4/c22-17-7-11-1-3-15(5-13(11)9-19(17)24)21-16-4-2-12-8-18(23)20(25)10-14(12)6-16/h7-10,15-16,21-25H,1-6H2. The molecule has 0 fully saturated rings. The zero-order valence-corrected chi connectivity index (χ0v) is 14.0. The van der Waals surface area contributed by atoms with Crippen LogP contribution in [-0.2, 0) is 25.7 Å². The van der Waals surface area contributed by atoms with Crippen LogP contribution in [0.2, 0.25) is 0 Å². The summed E-state index contributed by atoms with van der Waals surface area (Å²) in [6.45, 7) is 0. The van der Waals surface area contributed by atoms with E-state index in [1.807, 2.05) is 0 Å². The fourth-order valence-electron chi connectivity index (χ4n) is 4.18. The monoisotopic (exact) mass is 341 g/mol. The smallest absolute Gasteiger partial charge is 0.157 e. The molecule has 0 spiro atoms. The Labute approximate surface area is 146 Å². The predicted molar refractivity (Wildman–Crippen MR) is 94.3 cm³/mol. The summed E-state index contributed by atoms with van der Waals surface area (Å²) in [7, 11) is 0. The lowest BCUT2D eigenvalue weighted by atomic mass is 9.84. The number of phenolic OH excluding ortho intramolecular Hbond substituents is 4. The second-order valence-corrected chi connectivity index (χ2v) is 7.27. The maximum Gasteiger partial charge on any atom is 0.157 e. The van der Waals surface area contributed by atoms with Gasteiger partial charge in [0.15, 0.2) is 23.0 Å². The topological polar surface area (TPSA) is 93.0 Å². The Balaban J connectivity index is 1.45. The molecule has 0 amide bonds. The predicted octanol–water partition coefficient (Wildman–Crippen LogP) is 2.51. The Bertz CT molecular complexity index is 750. The minimum absolute atomic E-state index is 0.0443. The van der Waals surface area contributed by atoms with Crippen LogP contribution in [0.4, 0.5) is 0 Å². The van der Waals surface area contributed by atoms with Gasteiger partial charge in [0, 0.05) is 12.1 Å². The Kier molecular flexibility index (Phi) is 3.96. The van der Waals surface area contributed by atoms with Crippen LogP contribution in [0.25, 0.3) is 0 Å². The summed E-state index contributed by atoms with van der Waals surface area (Å²) in [6, 6.07) is 7.38. The van der Waals surface area contributed by atoms with E-state index in [2.05, 4.69) is 5.32 Å². The molecule has 5 heteroatoms. The van der Waals surface area contributed by atoms with Gasteiger partial charge in [-0.05, 0) is 85.0 Å². The molecule has 25 heavy (non-hydrogen) atoms. The maximum absolute atomic E-state index is 9.73. The highest BCUT2D eigenvalue weighted by molar-refractivity contribution is 5.48. The van der Waals surface area contributed by atoms with Gasteiger partial charge in [-0.2, -0.15) is 0 Å². The van der Waals surface area contributed by atoms with Crippen LogP contribution in [-0.4, -0.2) is 32.5 Å². The van der Waals surface area contributed by atoms with Crippen molar-refractivity contribution in [2.75, 3.05) is 0 Å². The number of aryl methyl sites for hydroxylation is 2. The van der Waals surface area contributed by atoms with Crippen molar-refractivity contribution < 1.29 is 20.4 Å². The third-order valence-corrected chi connectivity index (χ3v) is 5.52. The molecule has 0 saturated carbocycles. The van der Waals surface area contributed by atoms with Gasteiger partial charge in [0.2, 0.25) is 0 Å². The molecular formula is C20H23NO4. The first-order chi connectivity index (χ1) is 12.0. The largest absolute Gasteiger partial charge is 0.504 e. The van der Waals surface area contributed by atoms with Crippen LogP contribution in [0.1, 0.15) is 35.1 Å². The van der Waals surface area contributed by atoms with Crippen molar-refractivity contribution >= 4 is 0 Å². The molecule has 4 rings (SSSR count). The van der Waals surface area contributed by atoms with Crippen LogP contribution in [0.3, 0.4) is 0 Å². The SMILES string of the molecule is Oc1cc2c(cc1O)CC(NC1CCc3cc(O)c(O)cc3C1)CC2. The van der Waals surface area contributed by atoms with Gasteiger partial charge in [-0.1, -0.05) is 0 Å². The molecule has 2 aliphatic rings. The highest BCUT2D eigenvalue weighted by atomic mass is 16.3. The van der Waals surface area contributed by atoms with Gasteiger partial charge in [-0.3, -0.25) is 0 Å². The lowest BCUT2D eigenvalue weighted by molar-refractivity contribution is 0.360. The highest BCUT2D eigenvalue weighted by Crippen LogP contribution is 2.34. The molecule has 0 bridgehead atoms. The number of fused-ring (bicyclic) bond motifs is 2. The summed E-state index contributed by atoms with van der Waals surface area (Å²) in [5, 5.41) is 42.4. The molecule has 0 aromatic heterocycles. The van der Waals surface area contributed by atoms with Gasteiger partial charge >= 0.3 is 0 Å². The van der Waals surface area contributed by atoms with E-state index < -0.39 is 0 Å². The Morgan fingerprint density at radius 3 is 1.36 bits per heavy atom. The van der Waals surface area contributed by atoms with Crippen molar-refractivity contribution in [1.82, 2.24) is 5.32 Å². The van der Waals surface area contributed by atoms with E-state index in [4.69, 9.17) is 0 Å². The second-order valence-electron chi connectivity index (χ2n) is 7.27. The number of benzene rings is 2. The van der Waals surface area contributed by atoms with Crippen LogP contribution in [0, 0.1) is 0 Å². The molecule has 2 atom stereocenters. The fraction of sp³-hybridized carbons (Fsp3) is 0.400. The van der Waals surface area contributed by atoms with Gasteiger partial charge in [0.05, 0.1) is 0 Å².